The Morgan fingerprint density at radius 1 is 1.18 bits per heavy atom. The Morgan fingerprint density at radius 2 is 2.00 bits per heavy atom. The van der Waals surface area contributed by atoms with Crippen molar-refractivity contribution in [2.24, 2.45) is 5.92 Å². The maximum Gasteiger partial charge on any atom is 0.122 e. The van der Waals surface area contributed by atoms with E-state index in [1.165, 1.54) is 12.8 Å². The van der Waals surface area contributed by atoms with Gasteiger partial charge in [0.15, 0.2) is 0 Å². The first kappa shape index (κ1) is 14.5. The van der Waals surface area contributed by atoms with Crippen LogP contribution < -0.4 is 10.5 Å². The van der Waals surface area contributed by atoms with Gasteiger partial charge in [-0.15, -0.1) is 0 Å². The third-order valence-corrected chi connectivity index (χ3v) is 3.91. The van der Waals surface area contributed by atoms with Gasteiger partial charge in [0, 0.05) is 17.2 Å². The zero-order chi connectivity index (χ0) is 15.5. The van der Waals surface area contributed by atoms with Gasteiger partial charge in [-0.3, -0.25) is 0 Å². The molecule has 0 aliphatic heterocycles. The van der Waals surface area contributed by atoms with E-state index in [0.717, 1.165) is 33.7 Å². The SMILES string of the molecule is CCOc1cccc(-c2ccc(N)cc2C#CC2CC2)c1C. The molecule has 0 atom stereocenters. The normalized spacial score (nSPS) is 13.4. The molecule has 1 aliphatic carbocycles. The van der Waals surface area contributed by atoms with Gasteiger partial charge in [-0.2, -0.15) is 0 Å². The Morgan fingerprint density at radius 3 is 2.73 bits per heavy atom. The molecule has 22 heavy (non-hydrogen) atoms. The van der Waals surface area contributed by atoms with Gasteiger partial charge >= 0.3 is 0 Å². The molecule has 112 valence electrons. The molecule has 0 unspecified atom stereocenters. The number of hydrogen-bond donors (Lipinski definition) is 1. The van der Waals surface area contributed by atoms with Crippen LogP contribution in [0, 0.1) is 24.7 Å². The first-order valence-corrected chi connectivity index (χ1v) is 7.83. The predicted molar refractivity (Wildman–Crippen MR) is 91.8 cm³/mol. The topological polar surface area (TPSA) is 35.2 Å². The fraction of sp³-hybridized carbons (Fsp3) is 0.300. The van der Waals surface area contributed by atoms with Crippen LogP contribution in [0.1, 0.15) is 30.9 Å². The highest BCUT2D eigenvalue weighted by molar-refractivity contribution is 5.77. The van der Waals surface area contributed by atoms with Crippen LogP contribution in [0.3, 0.4) is 0 Å². The molecule has 1 aliphatic rings. The molecule has 1 saturated carbocycles. The summed E-state index contributed by atoms with van der Waals surface area (Å²) in [7, 11) is 0. The number of anilines is 1. The first-order chi connectivity index (χ1) is 10.7. The van der Waals surface area contributed by atoms with Crippen LogP contribution in [0.4, 0.5) is 5.69 Å². The largest absolute Gasteiger partial charge is 0.494 e. The highest BCUT2D eigenvalue weighted by Gasteiger charge is 2.18. The molecule has 2 N–H and O–H groups in total. The molecule has 0 amide bonds. The van der Waals surface area contributed by atoms with E-state index in [-0.39, 0.29) is 0 Å². The van der Waals surface area contributed by atoms with E-state index in [9.17, 15) is 0 Å². The van der Waals surface area contributed by atoms with E-state index < -0.39 is 0 Å². The number of nitrogens with two attached hydrogens (primary N) is 1. The third kappa shape index (κ3) is 3.09. The summed E-state index contributed by atoms with van der Waals surface area (Å²) >= 11 is 0. The molecule has 2 aromatic carbocycles. The number of ether oxygens (including phenoxy) is 1. The molecule has 0 radical (unpaired) electrons. The van der Waals surface area contributed by atoms with Crippen molar-refractivity contribution >= 4 is 5.69 Å². The minimum absolute atomic E-state index is 0.574. The van der Waals surface area contributed by atoms with Gasteiger partial charge in [0.25, 0.3) is 0 Å². The van der Waals surface area contributed by atoms with E-state index in [1.807, 2.05) is 31.2 Å². The van der Waals surface area contributed by atoms with Crippen molar-refractivity contribution in [3.05, 3.63) is 47.5 Å². The minimum atomic E-state index is 0.574. The number of rotatable bonds is 3. The van der Waals surface area contributed by atoms with Crippen molar-refractivity contribution in [1.29, 1.82) is 0 Å². The average Bonchev–Trinajstić information content (AvgIpc) is 3.32. The van der Waals surface area contributed by atoms with Crippen LogP contribution in [0.25, 0.3) is 11.1 Å². The third-order valence-electron chi connectivity index (χ3n) is 3.91. The quantitative estimate of drug-likeness (QED) is 0.672. The summed E-state index contributed by atoms with van der Waals surface area (Å²) in [4.78, 5) is 0. The Hall–Kier alpha value is -2.40. The standard InChI is InChI=1S/C20H21NO/c1-3-22-20-6-4-5-18(14(20)2)19-12-11-17(21)13-16(19)10-9-15-7-8-15/h4-6,11-13,15H,3,7-8,21H2,1-2H3. The lowest BCUT2D eigenvalue weighted by Gasteiger charge is -2.13. The predicted octanol–water partition coefficient (Wildman–Crippen LogP) is 4.40. The molecule has 2 nitrogen and oxygen atoms in total. The summed E-state index contributed by atoms with van der Waals surface area (Å²) in [5, 5.41) is 0. The Labute approximate surface area is 132 Å². The molecule has 1 fully saturated rings. The lowest BCUT2D eigenvalue weighted by molar-refractivity contribution is 0.338. The molecule has 0 aromatic heterocycles. The van der Waals surface area contributed by atoms with Crippen LogP contribution in [0.15, 0.2) is 36.4 Å². The molecule has 0 bridgehead atoms. The monoisotopic (exact) mass is 291 g/mol. The lowest BCUT2D eigenvalue weighted by Crippen LogP contribution is -1.97. The Bertz CT molecular complexity index is 748. The summed E-state index contributed by atoms with van der Waals surface area (Å²) in [6, 6.07) is 12.1. The summed E-state index contributed by atoms with van der Waals surface area (Å²) in [6.07, 6.45) is 2.45. The van der Waals surface area contributed by atoms with Crippen molar-refractivity contribution in [2.75, 3.05) is 12.3 Å². The smallest absolute Gasteiger partial charge is 0.122 e. The summed E-state index contributed by atoms with van der Waals surface area (Å²) < 4.78 is 5.71. The van der Waals surface area contributed by atoms with E-state index in [0.29, 0.717) is 12.5 Å². The molecule has 3 rings (SSSR count). The fourth-order valence-corrected chi connectivity index (χ4v) is 2.53. The zero-order valence-electron chi connectivity index (χ0n) is 13.1. The molecule has 0 heterocycles. The van der Waals surface area contributed by atoms with E-state index in [2.05, 4.69) is 30.9 Å². The van der Waals surface area contributed by atoms with Crippen LogP contribution in [0.2, 0.25) is 0 Å². The van der Waals surface area contributed by atoms with Crippen LogP contribution in [-0.2, 0) is 0 Å². The van der Waals surface area contributed by atoms with Crippen LogP contribution in [0.5, 0.6) is 5.75 Å². The van der Waals surface area contributed by atoms with Gasteiger partial charge in [-0.25, -0.2) is 0 Å². The highest BCUT2D eigenvalue weighted by Crippen LogP contribution is 2.33. The molecule has 0 spiro atoms. The fourth-order valence-electron chi connectivity index (χ4n) is 2.53. The maximum absolute atomic E-state index is 5.95. The summed E-state index contributed by atoms with van der Waals surface area (Å²) in [5.74, 6) is 8.16. The van der Waals surface area contributed by atoms with Gasteiger partial charge in [-0.05, 0) is 61.6 Å². The molecule has 2 aromatic rings. The highest BCUT2D eigenvalue weighted by atomic mass is 16.5. The van der Waals surface area contributed by atoms with Crippen LogP contribution in [-0.4, -0.2) is 6.61 Å². The molecular weight excluding hydrogens is 270 g/mol. The number of hydrogen-bond acceptors (Lipinski definition) is 2. The second kappa shape index (κ2) is 6.15. The van der Waals surface area contributed by atoms with E-state index in [4.69, 9.17) is 10.5 Å². The molecule has 0 saturated heterocycles. The first-order valence-electron chi connectivity index (χ1n) is 7.83. The van der Waals surface area contributed by atoms with Gasteiger partial charge in [0.2, 0.25) is 0 Å². The Kier molecular flexibility index (Phi) is 4.06. The number of nitrogen functional groups attached to an aromatic ring is 1. The Balaban J connectivity index is 2.08. The van der Waals surface area contributed by atoms with Crippen molar-refractivity contribution in [3.63, 3.8) is 0 Å². The van der Waals surface area contributed by atoms with Gasteiger partial charge in [0.1, 0.15) is 5.75 Å². The van der Waals surface area contributed by atoms with Crippen molar-refractivity contribution in [2.45, 2.75) is 26.7 Å². The summed E-state index contributed by atoms with van der Waals surface area (Å²) in [5.41, 5.74) is 11.1. The van der Waals surface area contributed by atoms with Crippen LogP contribution >= 0.6 is 0 Å². The van der Waals surface area contributed by atoms with Crippen molar-refractivity contribution in [1.82, 2.24) is 0 Å². The molecule has 2 heteroatoms. The van der Waals surface area contributed by atoms with Crippen molar-refractivity contribution in [3.8, 4) is 28.7 Å². The van der Waals surface area contributed by atoms with Gasteiger partial charge in [0.05, 0.1) is 6.61 Å². The minimum Gasteiger partial charge on any atom is -0.494 e. The van der Waals surface area contributed by atoms with Crippen molar-refractivity contribution < 1.29 is 4.74 Å². The van der Waals surface area contributed by atoms with Gasteiger partial charge < -0.3 is 10.5 Å². The van der Waals surface area contributed by atoms with E-state index in [1.54, 1.807) is 0 Å². The van der Waals surface area contributed by atoms with Gasteiger partial charge in [-0.1, -0.05) is 30.0 Å². The average molecular weight is 291 g/mol. The zero-order valence-corrected chi connectivity index (χ0v) is 13.1. The summed E-state index contributed by atoms with van der Waals surface area (Å²) in [6.45, 7) is 4.76. The molecular formula is C20H21NO. The van der Waals surface area contributed by atoms with E-state index >= 15 is 0 Å². The lowest BCUT2D eigenvalue weighted by atomic mass is 9.95. The number of benzene rings is 2. The maximum atomic E-state index is 5.95. The second-order valence-corrected chi connectivity index (χ2v) is 5.71. The second-order valence-electron chi connectivity index (χ2n) is 5.71.